The van der Waals surface area contributed by atoms with Crippen LogP contribution in [-0.4, -0.2) is 50.2 Å². The van der Waals surface area contributed by atoms with Crippen LogP contribution in [0.3, 0.4) is 0 Å². The van der Waals surface area contributed by atoms with Crippen molar-refractivity contribution in [1.29, 1.82) is 0 Å². The fraction of sp³-hybridized carbons (Fsp3) is 0.344. The number of carbonyl (C=O) groups is 1. The van der Waals surface area contributed by atoms with Crippen LogP contribution in [0.15, 0.2) is 66.7 Å². The van der Waals surface area contributed by atoms with E-state index in [0.29, 0.717) is 34.4 Å². The Kier molecular flexibility index (Phi) is 9.43. The molecule has 0 radical (unpaired) electrons. The quantitative estimate of drug-likeness (QED) is 0.0827. The number of aromatic nitrogens is 3. The summed E-state index contributed by atoms with van der Waals surface area (Å²) in [6.07, 6.45) is -0.404. The van der Waals surface area contributed by atoms with Gasteiger partial charge in [0.25, 0.3) is 0 Å². The van der Waals surface area contributed by atoms with Gasteiger partial charge in [-0.2, -0.15) is 5.09 Å². The van der Waals surface area contributed by atoms with Crippen LogP contribution in [0.1, 0.15) is 40.4 Å². The van der Waals surface area contributed by atoms with Crippen molar-refractivity contribution in [1.82, 2.24) is 19.6 Å². The van der Waals surface area contributed by atoms with Crippen LogP contribution in [0.5, 0.6) is 5.75 Å². The molecule has 0 fully saturated rings. The maximum Gasteiger partial charge on any atom is 0.462 e. The van der Waals surface area contributed by atoms with E-state index < -0.39 is 31.6 Å². The number of pyridine rings is 1. The summed E-state index contributed by atoms with van der Waals surface area (Å²) in [6.45, 7) is 8.38. The molecule has 5 rings (SSSR count). The Morgan fingerprint density at radius 3 is 2.47 bits per heavy atom. The Bertz CT molecular complexity index is 1890. The Morgan fingerprint density at radius 1 is 1.04 bits per heavy atom. The predicted octanol–water partition coefficient (Wildman–Crippen LogP) is 5.70. The number of hydrogen-bond donors (Lipinski definition) is 3. The highest BCUT2D eigenvalue weighted by Gasteiger charge is 2.41. The molecule has 3 aromatic carbocycles. The number of imidazole rings is 1. The first-order valence-electron chi connectivity index (χ1n) is 14.7. The lowest BCUT2D eigenvalue weighted by Crippen LogP contribution is -2.40. The second-order valence-electron chi connectivity index (χ2n) is 11.1. The summed E-state index contributed by atoms with van der Waals surface area (Å²) < 4.78 is 39.3. The molecule has 13 heteroatoms. The molecular weight excluding hydrogens is 597 g/mol. The minimum absolute atomic E-state index is 0.107. The zero-order chi connectivity index (χ0) is 32.4. The van der Waals surface area contributed by atoms with E-state index in [4.69, 9.17) is 24.3 Å². The van der Waals surface area contributed by atoms with Gasteiger partial charge in [-0.05, 0) is 52.1 Å². The number of aliphatic hydroxyl groups is 1. The number of hydrogen-bond acceptors (Lipinski definition) is 10. The Labute approximate surface area is 261 Å². The first-order chi connectivity index (χ1) is 21.4. The van der Waals surface area contributed by atoms with Crippen LogP contribution >= 0.6 is 7.75 Å². The van der Waals surface area contributed by atoms with Crippen molar-refractivity contribution >= 4 is 52.2 Å². The third-order valence-corrected chi connectivity index (χ3v) is 8.69. The average Bonchev–Trinajstić information content (AvgIpc) is 3.33. The van der Waals surface area contributed by atoms with Crippen LogP contribution in [0.2, 0.25) is 0 Å². The van der Waals surface area contributed by atoms with Gasteiger partial charge in [0, 0.05) is 17.4 Å². The molecule has 2 heterocycles. The van der Waals surface area contributed by atoms with Crippen LogP contribution in [0.4, 0.5) is 5.82 Å². The number of para-hydroxylation sites is 1. The number of nitrogen functional groups attached to an aromatic ring is 1. The van der Waals surface area contributed by atoms with Crippen molar-refractivity contribution in [2.75, 3.05) is 12.3 Å². The Balaban J connectivity index is 1.56. The van der Waals surface area contributed by atoms with E-state index in [1.165, 1.54) is 13.8 Å². The lowest BCUT2D eigenvalue weighted by atomic mass is 10.1. The van der Waals surface area contributed by atoms with Crippen molar-refractivity contribution in [3.05, 3.63) is 72.6 Å². The third-order valence-electron chi connectivity index (χ3n) is 6.92. The van der Waals surface area contributed by atoms with E-state index in [-0.39, 0.29) is 24.7 Å². The summed E-state index contributed by atoms with van der Waals surface area (Å²) in [4.78, 5) is 21.9. The molecule has 4 N–H and O–H groups in total. The molecule has 1 unspecified atom stereocenters. The van der Waals surface area contributed by atoms with Gasteiger partial charge in [-0.1, -0.05) is 54.6 Å². The lowest BCUT2D eigenvalue weighted by Gasteiger charge is -2.31. The van der Waals surface area contributed by atoms with Crippen molar-refractivity contribution in [3.8, 4) is 5.75 Å². The monoisotopic (exact) mass is 635 g/mol. The molecule has 0 amide bonds. The van der Waals surface area contributed by atoms with E-state index in [1.807, 2.05) is 61.5 Å². The topological polar surface area (TPSA) is 160 Å². The fourth-order valence-electron chi connectivity index (χ4n) is 5.06. The summed E-state index contributed by atoms with van der Waals surface area (Å²) in [5, 5.41) is 16.7. The number of rotatable bonds is 13. The SMILES string of the molecule is CCOCc1nc2c(N)nc3ccccc3c2n1CC(C)(O)O[P@](=O)(N[C@@H](C)C(=O)OC(C)C)Oc1cccc2ccccc12. The summed E-state index contributed by atoms with van der Waals surface area (Å²) in [7, 11) is -4.50. The van der Waals surface area contributed by atoms with Crippen molar-refractivity contribution in [2.45, 2.75) is 65.7 Å². The van der Waals surface area contributed by atoms with Gasteiger partial charge in [-0.15, -0.1) is 0 Å². The summed E-state index contributed by atoms with van der Waals surface area (Å²) in [5.74, 6) is -1.90. The normalized spacial score (nSPS) is 15.3. The first kappa shape index (κ1) is 32.3. The van der Waals surface area contributed by atoms with Crippen molar-refractivity contribution < 1.29 is 33.0 Å². The second kappa shape index (κ2) is 13.1. The first-order valence-corrected chi connectivity index (χ1v) is 16.2. The van der Waals surface area contributed by atoms with E-state index >= 15 is 0 Å². The molecule has 0 aliphatic carbocycles. The molecule has 5 aromatic rings. The van der Waals surface area contributed by atoms with Gasteiger partial charge >= 0.3 is 13.7 Å². The van der Waals surface area contributed by atoms with Gasteiger partial charge in [0.1, 0.15) is 29.7 Å². The number of nitrogens with zero attached hydrogens (tertiary/aromatic N) is 3. The number of benzene rings is 3. The molecule has 238 valence electrons. The second-order valence-corrected chi connectivity index (χ2v) is 12.7. The average molecular weight is 636 g/mol. The summed E-state index contributed by atoms with van der Waals surface area (Å²) >= 11 is 0. The van der Waals surface area contributed by atoms with Gasteiger partial charge in [-0.25, -0.2) is 14.5 Å². The van der Waals surface area contributed by atoms with Gasteiger partial charge in [0.2, 0.25) is 0 Å². The van der Waals surface area contributed by atoms with Gasteiger partial charge in [0.05, 0.1) is 23.7 Å². The molecule has 12 nitrogen and oxygen atoms in total. The Hall–Kier alpha value is -4.06. The number of esters is 1. The van der Waals surface area contributed by atoms with E-state index in [9.17, 15) is 14.5 Å². The number of nitrogens with one attached hydrogen (secondary N) is 1. The van der Waals surface area contributed by atoms with E-state index in [1.54, 1.807) is 30.5 Å². The number of carbonyl (C=O) groups excluding carboxylic acids is 1. The smallest absolute Gasteiger partial charge is 0.462 e. The predicted molar refractivity (Wildman–Crippen MR) is 172 cm³/mol. The standard InChI is InChI=1S/C32H38N5O7P/c1-6-41-18-27-35-28-29(24-15-9-10-16-25(24)34-30(28)33)37(27)19-32(5,39)44-45(40,36-21(4)31(38)42-20(2)3)43-26-17-11-13-22-12-7-8-14-23(22)26/h7-17,20-21,39H,6,18-19H2,1-5H3,(H2,33,34)(H,36,40)/t21-,32?,45-/m0/s1. The van der Waals surface area contributed by atoms with Gasteiger partial charge < -0.3 is 29.4 Å². The van der Waals surface area contributed by atoms with Crippen LogP contribution in [-0.2, 0) is 36.5 Å². The minimum atomic E-state index is -4.50. The van der Waals surface area contributed by atoms with Crippen molar-refractivity contribution in [2.24, 2.45) is 0 Å². The number of fused-ring (bicyclic) bond motifs is 4. The number of anilines is 1. The molecule has 0 aliphatic rings. The maximum absolute atomic E-state index is 14.6. The molecule has 45 heavy (non-hydrogen) atoms. The summed E-state index contributed by atoms with van der Waals surface area (Å²) in [5.41, 5.74) is 7.97. The number of nitrogens with two attached hydrogens (primary N) is 1. The molecular formula is C32H38N5O7P. The van der Waals surface area contributed by atoms with Crippen LogP contribution < -0.4 is 15.3 Å². The third kappa shape index (κ3) is 7.27. The minimum Gasteiger partial charge on any atom is -0.462 e. The molecule has 3 atom stereocenters. The highest BCUT2D eigenvalue weighted by molar-refractivity contribution is 7.52. The molecule has 0 spiro atoms. The van der Waals surface area contributed by atoms with Crippen molar-refractivity contribution in [3.63, 3.8) is 0 Å². The zero-order valence-electron chi connectivity index (χ0n) is 25.9. The van der Waals surface area contributed by atoms with Crippen LogP contribution in [0.25, 0.3) is 32.7 Å². The summed E-state index contributed by atoms with van der Waals surface area (Å²) in [6, 6.07) is 19.0. The number of ether oxygens (including phenoxy) is 2. The molecule has 2 aromatic heterocycles. The molecule has 0 aliphatic heterocycles. The van der Waals surface area contributed by atoms with Crippen LogP contribution in [0, 0.1) is 0 Å². The highest BCUT2D eigenvalue weighted by Crippen LogP contribution is 2.50. The van der Waals surface area contributed by atoms with Gasteiger partial charge in [-0.3, -0.25) is 9.32 Å². The van der Waals surface area contributed by atoms with E-state index in [0.717, 1.165) is 10.8 Å². The maximum atomic E-state index is 14.6. The van der Waals surface area contributed by atoms with Gasteiger partial charge in [0.15, 0.2) is 11.6 Å². The Morgan fingerprint density at radius 2 is 1.73 bits per heavy atom. The van der Waals surface area contributed by atoms with E-state index in [2.05, 4.69) is 15.1 Å². The largest absolute Gasteiger partial charge is 0.462 e. The molecule has 0 saturated heterocycles. The lowest BCUT2D eigenvalue weighted by molar-refractivity contribution is -0.150. The highest BCUT2D eigenvalue weighted by atomic mass is 31.2. The molecule has 0 bridgehead atoms. The fourth-order valence-corrected chi connectivity index (χ4v) is 6.78. The zero-order valence-corrected chi connectivity index (χ0v) is 26.8. The molecule has 0 saturated carbocycles.